The highest BCUT2D eigenvalue weighted by molar-refractivity contribution is 9.09. The van der Waals surface area contributed by atoms with Crippen LogP contribution in [0.5, 0.6) is 11.5 Å². The van der Waals surface area contributed by atoms with E-state index in [2.05, 4.69) is 53.2 Å². The standard InChI is InChI=1S/C17H19BrO2/c1-12-5-4-6-13(9-12)10-15(18)14-7-8-16(19-2)17(11-14)20-3/h4-9,11,15H,10H2,1-3H3. The zero-order valence-electron chi connectivity index (χ0n) is 12.0. The topological polar surface area (TPSA) is 18.5 Å². The van der Waals surface area contributed by atoms with Gasteiger partial charge in [0, 0.05) is 4.83 Å². The number of halogens is 1. The van der Waals surface area contributed by atoms with Gasteiger partial charge in [0.15, 0.2) is 11.5 Å². The molecule has 0 saturated heterocycles. The van der Waals surface area contributed by atoms with E-state index in [4.69, 9.17) is 9.47 Å². The maximum absolute atomic E-state index is 5.35. The largest absolute Gasteiger partial charge is 0.493 e. The summed E-state index contributed by atoms with van der Waals surface area (Å²) in [5.41, 5.74) is 3.79. The molecule has 2 aromatic carbocycles. The number of ether oxygens (including phenoxy) is 2. The van der Waals surface area contributed by atoms with Crippen LogP contribution in [0.2, 0.25) is 0 Å². The second kappa shape index (κ2) is 6.80. The number of hydrogen-bond acceptors (Lipinski definition) is 2. The van der Waals surface area contributed by atoms with Crippen LogP contribution >= 0.6 is 15.9 Å². The van der Waals surface area contributed by atoms with E-state index < -0.39 is 0 Å². The molecule has 0 amide bonds. The molecule has 0 aliphatic rings. The van der Waals surface area contributed by atoms with E-state index >= 15 is 0 Å². The van der Waals surface area contributed by atoms with Crippen molar-refractivity contribution in [3.05, 3.63) is 59.2 Å². The Morgan fingerprint density at radius 2 is 1.75 bits per heavy atom. The second-order valence-electron chi connectivity index (χ2n) is 4.78. The molecule has 0 fully saturated rings. The van der Waals surface area contributed by atoms with Crippen molar-refractivity contribution in [2.45, 2.75) is 18.2 Å². The predicted molar refractivity (Wildman–Crippen MR) is 86.1 cm³/mol. The number of alkyl halides is 1. The first kappa shape index (κ1) is 14.9. The Bertz CT molecular complexity index is 581. The van der Waals surface area contributed by atoms with Gasteiger partial charge in [0.05, 0.1) is 14.2 Å². The summed E-state index contributed by atoms with van der Waals surface area (Å²) in [5.74, 6) is 1.52. The molecule has 2 nitrogen and oxygen atoms in total. The maximum atomic E-state index is 5.35. The molecule has 0 radical (unpaired) electrons. The van der Waals surface area contributed by atoms with Gasteiger partial charge in [-0.2, -0.15) is 0 Å². The van der Waals surface area contributed by atoms with E-state index in [0.29, 0.717) is 0 Å². The fourth-order valence-corrected chi connectivity index (χ4v) is 2.87. The molecule has 2 aromatic rings. The first-order chi connectivity index (χ1) is 9.63. The molecule has 3 heteroatoms. The van der Waals surface area contributed by atoms with Gasteiger partial charge in [-0.3, -0.25) is 0 Å². The molecule has 0 aliphatic carbocycles. The highest BCUT2D eigenvalue weighted by Gasteiger charge is 2.12. The van der Waals surface area contributed by atoms with Gasteiger partial charge in [-0.05, 0) is 36.6 Å². The zero-order chi connectivity index (χ0) is 14.5. The van der Waals surface area contributed by atoms with Crippen LogP contribution in [0.25, 0.3) is 0 Å². The number of methoxy groups -OCH3 is 2. The molecule has 0 aromatic heterocycles. The molecule has 0 aliphatic heterocycles. The third kappa shape index (κ3) is 3.54. The summed E-state index contributed by atoms with van der Waals surface area (Å²) in [5, 5.41) is 0. The van der Waals surface area contributed by atoms with E-state index in [0.717, 1.165) is 17.9 Å². The van der Waals surface area contributed by atoms with Crippen molar-refractivity contribution in [3.63, 3.8) is 0 Å². The molecule has 106 valence electrons. The van der Waals surface area contributed by atoms with Crippen molar-refractivity contribution in [2.24, 2.45) is 0 Å². The molecule has 0 bridgehead atoms. The van der Waals surface area contributed by atoms with Gasteiger partial charge in [0.1, 0.15) is 0 Å². The average Bonchev–Trinajstić information content (AvgIpc) is 2.46. The summed E-state index contributed by atoms with van der Waals surface area (Å²) in [4.78, 5) is 0.254. The quantitative estimate of drug-likeness (QED) is 0.738. The van der Waals surface area contributed by atoms with Crippen LogP contribution in [0.15, 0.2) is 42.5 Å². The molecule has 0 N–H and O–H groups in total. The molecule has 1 unspecified atom stereocenters. The predicted octanol–water partition coefficient (Wildman–Crippen LogP) is 4.69. The van der Waals surface area contributed by atoms with Crippen LogP contribution in [0.4, 0.5) is 0 Å². The zero-order valence-corrected chi connectivity index (χ0v) is 13.6. The molecule has 20 heavy (non-hydrogen) atoms. The Balaban J connectivity index is 2.18. The van der Waals surface area contributed by atoms with Crippen molar-refractivity contribution < 1.29 is 9.47 Å². The molecular weight excluding hydrogens is 316 g/mol. The smallest absolute Gasteiger partial charge is 0.161 e. The molecule has 1 atom stereocenters. The van der Waals surface area contributed by atoms with Crippen LogP contribution < -0.4 is 9.47 Å². The van der Waals surface area contributed by atoms with Gasteiger partial charge in [-0.15, -0.1) is 0 Å². The summed E-state index contributed by atoms with van der Waals surface area (Å²) >= 11 is 3.76. The minimum absolute atomic E-state index is 0.254. The van der Waals surface area contributed by atoms with Crippen molar-refractivity contribution in [3.8, 4) is 11.5 Å². The van der Waals surface area contributed by atoms with E-state index in [1.54, 1.807) is 14.2 Å². The Hall–Kier alpha value is -1.48. The normalized spacial score (nSPS) is 12.0. The first-order valence-corrected chi connectivity index (χ1v) is 7.47. The van der Waals surface area contributed by atoms with Crippen molar-refractivity contribution in [1.29, 1.82) is 0 Å². The van der Waals surface area contributed by atoms with E-state index in [9.17, 15) is 0 Å². The summed E-state index contributed by atoms with van der Waals surface area (Å²) < 4.78 is 10.6. The van der Waals surface area contributed by atoms with E-state index in [1.807, 2.05) is 12.1 Å². The number of rotatable bonds is 5. The Morgan fingerprint density at radius 1 is 1.00 bits per heavy atom. The highest BCUT2D eigenvalue weighted by atomic mass is 79.9. The van der Waals surface area contributed by atoms with Crippen LogP contribution in [0.3, 0.4) is 0 Å². The lowest BCUT2D eigenvalue weighted by Gasteiger charge is -2.14. The van der Waals surface area contributed by atoms with Crippen LogP contribution in [0.1, 0.15) is 21.5 Å². The Kier molecular flexibility index (Phi) is 5.07. The van der Waals surface area contributed by atoms with Gasteiger partial charge >= 0.3 is 0 Å². The van der Waals surface area contributed by atoms with Gasteiger partial charge in [-0.1, -0.05) is 51.8 Å². The second-order valence-corrected chi connectivity index (χ2v) is 5.88. The Morgan fingerprint density at radius 3 is 2.40 bits per heavy atom. The summed E-state index contributed by atoms with van der Waals surface area (Å²) in [6.07, 6.45) is 0.942. The van der Waals surface area contributed by atoms with Crippen LogP contribution in [-0.4, -0.2) is 14.2 Å². The van der Waals surface area contributed by atoms with Gasteiger partial charge < -0.3 is 9.47 Å². The fraction of sp³-hybridized carbons (Fsp3) is 0.294. The van der Waals surface area contributed by atoms with E-state index in [1.165, 1.54) is 16.7 Å². The molecule has 0 heterocycles. The SMILES string of the molecule is COc1ccc(C(Br)Cc2cccc(C)c2)cc1OC. The number of hydrogen-bond donors (Lipinski definition) is 0. The molecule has 0 spiro atoms. The molecule has 2 rings (SSSR count). The van der Waals surface area contributed by atoms with Gasteiger partial charge in [0.25, 0.3) is 0 Å². The Labute approximate surface area is 128 Å². The fourth-order valence-electron chi connectivity index (χ4n) is 2.21. The summed E-state index contributed by atoms with van der Waals surface area (Å²) in [7, 11) is 3.31. The minimum atomic E-state index is 0.254. The van der Waals surface area contributed by atoms with Crippen LogP contribution in [0, 0.1) is 6.92 Å². The van der Waals surface area contributed by atoms with Crippen molar-refractivity contribution in [1.82, 2.24) is 0 Å². The van der Waals surface area contributed by atoms with Gasteiger partial charge in [-0.25, -0.2) is 0 Å². The lowest BCUT2D eigenvalue weighted by molar-refractivity contribution is 0.354. The summed E-state index contributed by atoms with van der Waals surface area (Å²) in [6.45, 7) is 2.11. The van der Waals surface area contributed by atoms with Crippen LogP contribution in [-0.2, 0) is 6.42 Å². The van der Waals surface area contributed by atoms with Crippen molar-refractivity contribution >= 4 is 15.9 Å². The third-order valence-corrected chi connectivity index (χ3v) is 4.12. The lowest BCUT2D eigenvalue weighted by Crippen LogP contribution is -1.98. The monoisotopic (exact) mass is 334 g/mol. The minimum Gasteiger partial charge on any atom is -0.493 e. The van der Waals surface area contributed by atoms with Crippen molar-refractivity contribution in [2.75, 3.05) is 14.2 Å². The average molecular weight is 335 g/mol. The maximum Gasteiger partial charge on any atom is 0.161 e. The van der Waals surface area contributed by atoms with E-state index in [-0.39, 0.29) is 4.83 Å². The lowest BCUT2D eigenvalue weighted by atomic mass is 10.0. The molecular formula is C17H19BrO2. The molecule has 0 saturated carbocycles. The highest BCUT2D eigenvalue weighted by Crippen LogP contribution is 2.34. The van der Waals surface area contributed by atoms with Gasteiger partial charge in [0.2, 0.25) is 0 Å². The number of benzene rings is 2. The third-order valence-electron chi connectivity index (χ3n) is 3.27. The first-order valence-electron chi connectivity index (χ1n) is 6.55. The number of aryl methyl sites for hydroxylation is 1. The summed E-state index contributed by atoms with van der Waals surface area (Å²) in [6, 6.07) is 14.6.